The molecule has 1 aliphatic heterocycles. The SMILES string of the molecule is O=C(C1CC1C1CC1)N1CCCCC1. The minimum atomic E-state index is 0.445. The maximum absolute atomic E-state index is 12.0. The summed E-state index contributed by atoms with van der Waals surface area (Å²) < 4.78 is 0. The smallest absolute Gasteiger partial charge is 0.225 e. The van der Waals surface area contributed by atoms with Crippen LogP contribution in [0.15, 0.2) is 0 Å². The van der Waals surface area contributed by atoms with Crippen LogP contribution in [0.1, 0.15) is 38.5 Å². The number of amides is 1. The van der Waals surface area contributed by atoms with Crippen molar-refractivity contribution in [3.8, 4) is 0 Å². The molecule has 78 valence electrons. The minimum absolute atomic E-state index is 0.445. The number of carbonyl (C=O) groups is 1. The molecule has 0 N–H and O–H groups in total. The molecule has 2 saturated carbocycles. The number of rotatable bonds is 2. The zero-order valence-electron chi connectivity index (χ0n) is 8.74. The van der Waals surface area contributed by atoms with E-state index in [0.29, 0.717) is 11.8 Å². The van der Waals surface area contributed by atoms with Crippen molar-refractivity contribution in [1.29, 1.82) is 0 Å². The Bertz CT molecular complexity index is 241. The number of piperidine rings is 1. The Balaban J connectivity index is 1.54. The van der Waals surface area contributed by atoms with Gasteiger partial charge in [0.25, 0.3) is 0 Å². The lowest BCUT2D eigenvalue weighted by molar-refractivity contribution is -0.133. The highest BCUT2D eigenvalue weighted by molar-refractivity contribution is 5.81. The Morgan fingerprint density at radius 3 is 2.43 bits per heavy atom. The fourth-order valence-electron chi connectivity index (χ4n) is 2.89. The summed E-state index contributed by atoms with van der Waals surface area (Å²) in [5.74, 6) is 2.67. The van der Waals surface area contributed by atoms with Gasteiger partial charge in [0, 0.05) is 19.0 Å². The molecule has 2 heteroatoms. The topological polar surface area (TPSA) is 20.3 Å². The predicted octanol–water partition coefficient (Wildman–Crippen LogP) is 2.04. The number of carbonyl (C=O) groups excluding carboxylic acids is 1. The van der Waals surface area contributed by atoms with Crippen molar-refractivity contribution < 1.29 is 4.79 Å². The van der Waals surface area contributed by atoms with Crippen LogP contribution in [0.2, 0.25) is 0 Å². The lowest BCUT2D eigenvalue weighted by Gasteiger charge is -2.26. The molecule has 3 aliphatic rings. The summed E-state index contributed by atoms with van der Waals surface area (Å²) in [7, 11) is 0. The molecule has 2 atom stereocenters. The maximum Gasteiger partial charge on any atom is 0.225 e. The number of likely N-dealkylation sites (tertiary alicyclic amines) is 1. The molecular formula is C12H19NO. The van der Waals surface area contributed by atoms with Gasteiger partial charge in [-0.3, -0.25) is 4.79 Å². The van der Waals surface area contributed by atoms with Crippen LogP contribution < -0.4 is 0 Å². The van der Waals surface area contributed by atoms with E-state index in [4.69, 9.17) is 0 Å². The monoisotopic (exact) mass is 193 g/mol. The highest BCUT2D eigenvalue weighted by Gasteiger charge is 2.52. The molecule has 2 unspecified atom stereocenters. The minimum Gasteiger partial charge on any atom is -0.342 e. The van der Waals surface area contributed by atoms with E-state index < -0.39 is 0 Å². The van der Waals surface area contributed by atoms with E-state index in [1.54, 1.807) is 0 Å². The number of hydrogen-bond donors (Lipinski definition) is 0. The number of hydrogen-bond acceptors (Lipinski definition) is 1. The van der Waals surface area contributed by atoms with E-state index in [9.17, 15) is 4.79 Å². The summed E-state index contributed by atoms with van der Waals surface area (Å²) in [6.07, 6.45) is 7.78. The lowest BCUT2D eigenvalue weighted by Crippen LogP contribution is -2.37. The fourth-order valence-corrected chi connectivity index (χ4v) is 2.89. The second kappa shape index (κ2) is 3.25. The van der Waals surface area contributed by atoms with Gasteiger partial charge in [-0.1, -0.05) is 0 Å². The van der Waals surface area contributed by atoms with Gasteiger partial charge in [-0.2, -0.15) is 0 Å². The summed E-state index contributed by atoms with van der Waals surface area (Å²) in [6.45, 7) is 2.07. The van der Waals surface area contributed by atoms with Gasteiger partial charge in [0.2, 0.25) is 5.91 Å². The first-order valence-electron chi connectivity index (χ1n) is 6.15. The Labute approximate surface area is 85.7 Å². The van der Waals surface area contributed by atoms with Crippen LogP contribution in [0.25, 0.3) is 0 Å². The summed E-state index contributed by atoms with van der Waals surface area (Å²) in [5.41, 5.74) is 0. The summed E-state index contributed by atoms with van der Waals surface area (Å²) in [6, 6.07) is 0. The molecule has 2 aliphatic carbocycles. The van der Waals surface area contributed by atoms with Crippen molar-refractivity contribution in [3.63, 3.8) is 0 Å². The molecule has 0 radical (unpaired) electrons. The predicted molar refractivity (Wildman–Crippen MR) is 54.8 cm³/mol. The second-order valence-electron chi connectivity index (χ2n) is 5.23. The zero-order valence-corrected chi connectivity index (χ0v) is 8.74. The van der Waals surface area contributed by atoms with Crippen molar-refractivity contribution in [2.75, 3.05) is 13.1 Å². The van der Waals surface area contributed by atoms with Crippen molar-refractivity contribution >= 4 is 5.91 Å². The molecule has 1 heterocycles. The van der Waals surface area contributed by atoms with Crippen LogP contribution in [-0.4, -0.2) is 23.9 Å². The first-order chi connectivity index (χ1) is 6.86. The Kier molecular flexibility index (Phi) is 2.03. The first kappa shape index (κ1) is 8.75. The highest BCUT2D eigenvalue weighted by atomic mass is 16.2. The van der Waals surface area contributed by atoms with Gasteiger partial charge in [0.1, 0.15) is 0 Å². The largest absolute Gasteiger partial charge is 0.342 e. The van der Waals surface area contributed by atoms with Crippen molar-refractivity contribution in [2.24, 2.45) is 17.8 Å². The van der Waals surface area contributed by atoms with Crippen LogP contribution in [0.5, 0.6) is 0 Å². The summed E-state index contributed by atoms with van der Waals surface area (Å²) in [4.78, 5) is 14.2. The van der Waals surface area contributed by atoms with Crippen LogP contribution in [0, 0.1) is 17.8 Å². The van der Waals surface area contributed by atoms with Gasteiger partial charge >= 0.3 is 0 Å². The average Bonchev–Trinajstić information content (AvgIpc) is 3.07. The zero-order chi connectivity index (χ0) is 9.54. The Morgan fingerprint density at radius 1 is 1.07 bits per heavy atom. The van der Waals surface area contributed by atoms with Gasteiger partial charge in [0.15, 0.2) is 0 Å². The molecule has 1 saturated heterocycles. The van der Waals surface area contributed by atoms with E-state index >= 15 is 0 Å². The lowest BCUT2D eigenvalue weighted by atomic mass is 10.1. The fraction of sp³-hybridized carbons (Fsp3) is 0.917. The molecule has 0 aromatic heterocycles. The van der Waals surface area contributed by atoms with Gasteiger partial charge < -0.3 is 4.90 Å². The third-order valence-corrected chi connectivity index (χ3v) is 4.05. The molecule has 3 rings (SSSR count). The number of nitrogens with zero attached hydrogens (tertiary/aromatic N) is 1. The normalized spacial score (nSPS) is 37.0. The van der Waals surface area contributed by atoms with E-state index in [1.165, 1.54) is 38.5 Å². The second-order valence-corrected chi connectivity index (χ2v) is 5.23. The van der Waals surface area contributed by atoms with E-state index in [0.717, 1.165) is 24.9 Å². The molecular weight excluding hydrogens is 174 g/mol. The average molecular weight is 193 g/mol. The van der Waals surface area contributed by atoms with E-state index in [1.807, 2.05) is 0 Å². The van der Waals surface area contributed by atoms with Gasteiger partial charge in [-0.25, -0.2) is 0 Å². The van der Waals surface area contributed by atoms with Crippen molar-refractivity contribution in [3.05, 3.63) is 0 Å². The molecule has 1 amide bonds. The molecule has 14 heavy (non-hydrogen) atoms. The molecule has 0 aromatic carbocycles. The standard InChI is InChI=1S/C12H19NO/c14-12(13-6-2-1-3-7-13)11-8-10(11)9-4-5-9/h9-11H,1-8H2. The van der Waals surface area contributed by atoms with Gasteiger partial charge in [0.05, 0.1) is 0 Å². The third kappa shape index (κ3) is 1.55. The summed E-state index contributed by atoms with van der Waals surface area (Å²) in [5, 5.41) is 0. The van der Waals surface area contributed by atoms with Crippen LogP contribution in [-0.2, 0) is 4.79 Å². The van der Waals surface area contributed by atoms with Crippen LogP contribution >= 0.6 is 0 Å². The molecule has 3 fully saturated rings. The van der Waals surface area contributed by atoms with Crippen LogP contribution in [0.3, 0.4) is 0 Å². The Morgan fingerprint density at radius 2 is 1.79 bits per heavy atom. The molecule has 0 aromatic rings. The van der Waals surface area contributed by atoms with Crippen molar-refractivity contribution in [2.45, 2.75) is 38.5 Å². The molecule has 0 bridgehead atoms. The van der Waals surface area contributed by atoms with Crippen molar-refractivity contribution in [1.82, 2.24) is 4.90 Å². The van der Waals surface area contributed by atoms with E-state index in [2.05, 4.69) is 4.90 Å². The Hall–Kier alpha value is -0.530. The maximum atomic E-state index is 12.0. The summed E-state index contributed by atoms with van der Waals surface area (Å²) >= 11 is 0. The third-order valence-electron chi connectivity index (χ3n) is 4.05. The van der Waals surface area contributed by atoms with Gasteiger partial charge in [-0.05, 0) is 50.4 Å². The molecule has 2 nitrogen and oxygen atoms in total. The quantitative estimate of drug-likeness (QED) is 0.657. The van der Waals surface area contributed by atoms with Gasteiger partial charge in [-0.15, -0.1) is 0 Å². The van der Waals surface area contributed by atoms with E-state index in [-0.39, 0.29) is 0 Å². The van der Waals surface area contributed by atoms with Crippen LogP contribution in [0.4, 0.5) is 0 Å². The highest BCUT2D eigenvalue weighted by Crippen LogP contribution is 2.54. The first-order valence-corrected chi connectivity index (χ1v) is 6.15. The molecule has 0 spiro atoms.